The summed E-state index contributed by atoms with van der Waals surface area (Å²) < 4.78 is 0. The van der Waals surface area contributed by atoms with Gasteiger partial charge in [-0.1, -0.05) is 38.7 Å². The number of carbonyl (C=O) groups excluding carboxylic acids is 1. The maximum Gasteiger partial charge on any atom is 0.220 e. The van der Waals surface area contributed by atoms with Crippen molar-refractivity contribution in [3.8, 4) is 0 Å². The van der Waals surface area contributed by atoms with Gasteiger partial charge < -0.3 is 10.4 Å². The molecule has 94 valence electrons. The summed E-state index contributed by atoms with van der Waals surface area (Å²) in [6.45, 7) is 6.19. The van der Waals surface area contributed by atoms with E-state index in [0.717, 1.165) is 12.8 Å². The molecule has 3 heteroatoms. The van der Waals surface area contributed by atoms with Crippen LogP contribution in [0.3, 0.4) is 0 Å². The van der Waals surface area contributed by atoms with Gasteiger partial charge in [-0.2, -0.15) is 0 Å². The zero-order chi connectivity index (χ0) is 12.2. The third kappa shape index (κ3) is 9.71. The van der Waals surface area contributed by atoms with E-state index in [9.17, 15) is 9.90 Å². The summed E-state index contributed by atoms with van der Waals surface area (Å²) in [7, 11) is 0. The Kier molecular flexibility index (Phi) is 10.1. The van der Waals surface area contributed by atoms with Gasteiger partial charge in [-0.25, -0.2) is 0 Å². The number of aliphatic hydroxyl groups excluding tert-OH is 1. The van der Waals surface area contributed by atoms with Crippen molar-refractivity contribution in [1.29, 1.82) is 0 Å². The Morgan fingerprint density at radius 3 is 2.75 bits per heavy atom. The van der Waals surface area contributed by atoms with Gasteiger partial charge in [-0.15, -0.1) is 6.58 Å². The lowest BCUT2D eigenvalue weighted by atomic mass is 10.1. The molecule has 0 aromatic carbocycles. The van der Waals surface area contributed by atoms with Gasteiger partial charge in [0.2, 0.25) is 5.91 Å². The predicted octanol–water partition coefficient (Wildman–Crippen LogP) is 2.40. The van der Waals surface area contributed by atoms with Gasteiger partial charge in [-0.05, 0) is 12.8 Å². The first-order valence-corrected chi connectivity index (χ1v) is 6.26. The average molecular weight is 227 g/mol. The number of aliphatic hydroxyl groups is 1. The van der Waals surface area contributed by atoms with E-state index in [4.69, 9.17) is 0 Å². The summed E-state index contributed by atoms with van der Waals surface area (Å²) in [4.78, 5) is 11.2. The molecule has 0 radical (unpaired) electrons. The van der Waals surface area contributed by atoms with Crippen LogP contribution in [-0.2, 0) is 4.79 Å². The highest BCUT2D eigenvalue weighted by atomic mass is 16.3. The van der Waals surface area contributed by atoms with Gasteiger partial charge in [0.1, 0.15) is 0 Å². The number of unbranched alkanes of at least 4 members (excludes halogenated alkanes) is 3. The van der Waals surface area contributed by atoms with Crippen LogP contribution in [0, 0.1) is 0 Å². The van der Waals surface area contributed by atoms with Gasteiger partial charge in [0.05, 0.1) is 6.10 Å². The molecule has 0 aromatic rings. The van der Waals surface area contributed by atoms with Gasteiger partial charge in [0.25, 0.3) is 0 Å². The third-order valence-electron chi connectivity index (χ3n) is 2.54. The van der Waals surface area contributed by atoms with E-state index in [-0.39, 0.29) is 12.0 Å². The van der Waals surface area contributed by atoms with Crippen LogP contribution in [0.4, 0.5) is 0 Å². The first-order chi connectivity index (χ1) is 7.70. The maximum atomic E-state index is 11.2. The van der Waals surface area contributed by atoms with E-state index in [1.54, 1.807) is 6.08 Å². The first-order valence-electron chi connectivity index (χ1n) is 6.26. The number of nitrogens with one attached hydrogen (secondary N) is 1. The molecular weight excluding hydrogens is 202 g/mol. The Hall–Kier alpha value is -0.830. The fourth-order valence-corrected chi connectivity index (χ4v) is 1.52. The summed E-state index contributed by atoms with van der Waals surface area (Å²) in [6.07, 6.45) is 7.78. The molecular formula is C13H25NO2. The number of carbonyl (C=O) groups is 1. The highest BCUT2D eigenvalue weighted by Gasteiger charge is 2.07. The molecule has 0 rings (SSSR count). The van der Waals surface area contributed by atoms with Crippen molar-refractivity contribution in [2.24, 2.45) is 0 Å². The van der Waals surface area contributed by atoms with E-state index in [0.29, 0.717) is 19.4 Å². The lowest BCUT2D eigenvalue weighted by Crippen LogP contribution is -2.24. The number of hydrogen-bond donors (Lipinski definition) is 2. The van der Waals surface area contributed by atoms with Gasteiger partial charge in [0, 0.05) is 13.0 Å². The van der Waals surface area contributed by atoms with Crippen molar-refractivity contribution < 1.29 is 9.90 Å². The second kappa shape index (κ2) is 10.7. The molecule has 0 aliphatic carbocycles. The molecule has 3 nitrogen and oxygen atoms in total. The minimum absolute atomic E-state index is 0.00694. The van der Waals surface area contributed by atoms with E-state index in [2.05, 4.69) is 18.8 Å². The van der Waals surface area contributed by atoms with Crippen LogP contribution in [0.25, 0.3) is 0 Å². The SMILES string of the molecule is C=CCNC(=O)CCC(O)CCCCCC. The van der Waals surface area contributed by atoms with Crippen LogP contribution in [0.1, 0.15) is 51.9 Å². The van der Waals surface area contributed by atoms with Crippen molar-refractivity contribution in [3.63, 3.8) is 0 Å². The first kappa shape index (κ1) is 15.2. The number of amides is 1. The van der Waals surface area contributed by atoms with Crippen LogP contribution in [0.5, 0.6) is 0 Å². The summed E-state index contributed by atoms with van der Waals surface area (Å²) in [5.41, 5.74) is 0. The van der Waals surface area contributed by atoms with E-state index >= 15 is 0 Å². The Bertz CT molecular complexity index is 192. The quantitative estimate of drug-likeness (QED) is 0.445. The fourth-order valence-electron chi connectivity index (χ4n) is 1.52. The summed E-state index contributed by atoms with van der Waals surface area (Å²) in [5.74, 6) is -0.00694. The molecule has 0 saturated carbocycles. The molecule has 1 unspecified atom stereocenters. The van der Waals surface area contributed by atoms with Crippen LogP contribution in [0.2, 0.25) is 0 Å². The van der Waals surface area contributed by atoms with Crippen molar-refractivity contribution in [1.82, 2.24) is 5.32 Å². The monoisotopic (exact) mass is 227 g/mol. The lowest BCUT2D eigenvalue weighted by molar-refractivity contribution is -0.121. The average Bonchev–Trinajstić information content (AvgIpc) is 2.29. The van der Waals surface area contributed by atoms with Crippen LogP contribution < -0.4 is 5.32 Å². The smallest absolute Gasteiger partial charge is 0.220 e. The van der Waals surface area contributed by atoms with Gasteiger partial charge in [-0.3, -0.25) is 4.79 Å². The number of rotatable bonds is 10. The number of hydrogen-bond acceptors (Lipinski definition) is 2. The molecule has 0 heterocycles. The molecule has 0 aliphatic rings. The molecule has 1 atom stereocenters. The van der Waals surface area contributed by atoms with E-state index in [1.165, 1.54) is 19.3 Å². The predicted molar refractivity (Wildman–Crippen MR) is 67.2 cm³/mol. The highest BCUT2D eigenvalue weighted by Crippen LogP contribution is 2.09. The van der Waals surface area contributed by atoms with Crippen LogP contribution in [0.15, 0.2) is 12.7 Å². The molecule has 0 fully saturated rings. The zero-order valence-electron chi connectivity index (χ0n) is 10.4. The van der Waals surface area contributed by atoms with Crippen molar-refractivity contribution in [2.45, 2.75) is 58.0 Å². The second-order valence-electron chi connectivity index (χ2n) is 4.13. The lowest BCUT2D eigenvalue weighted by Gasteiger charge is -2.09. The van der Waals surface area contributed by atoms with E-state index in [1.807, 2.05) is 0 Å². The Morgan fingerprint density at radius 2 is 2.12 bits per heavy atom. The molecule has 1 amide bonds. The molecule has 0 spiro atoms. The molecule has 0 bridgehead atoms. The Morgan fingerprint density at radius 1 is 1.38 bits per heavy atom. The molecule has 0 aromatic heterocycles. The van der Waals surface area contributed by atoms with Crippen molar-refractivity contribution >= 4 is 5.91 Å². The molecule has 0 aliphatic heterocycles. The summed E-state index contributed by atoms with van der Waals surface area (Å²) >= 11 is 0. The topological polar surface area (TPSA) is 49.3 Å². The highest BCUT2D eigenvalue weighted by molar-refractivity contribution is 5.75. The normalized spacial score (nSPS) is 12.1. The molecule has 16 heavy (non-hydrogen) atoms. The standard InChI is InChI=1S/C13H25NO2/c1-3-5-6-7-8-12(15)9-10-13(16)14-11-4-2/h4,12,15H,2-3,5-11H2,1H3,(H,14,16). The molecule has 0 saturated heterocycles. The van der Waals surface area contributed by atoms with Gasteiger partial charge >= 0.3 is 0 Å². The third-order valence-corrected chi connectivity index (χ3v) is 2.54. The minimum Gasteiger partial charge on any atom is -0.393 e. The van der Waals surface area contributed by atoms with Crippen LogP contribution in [-0.4, -0.2) is 23.7 Å². The fraction of sp³-hybridized carbons (Fsp3) is 0.769. The summed E-state index contributed by atoms with van der Waals surface area (Å²) in [6, 6.07) is 0. The van der Waals surface area contributed by atoms with Crippen molar-refractivity contribution in [2.75, 3.05) is 6.54 Å². The van der Waals surface area contributed by atoms with Crippen molar-refractivity contribution in [3.05, 3.63) is 12.7 Å². The maximum absolute atomic E-state index is 11.2. The molecule has 2 N–H and O–H groups in total. The second-order valence-corrected chi connectivity index (χ2v) is 4.13. The van der Waals surface area contributed by atoms with Gasteiger partial charge in [0.15, 0.2) is 0 Å². The largest absolute Gasteiger partial charge is 0.393 e. The minimum atomic E-state index is -0.327. The Balaban J connectivity index is 3.38. The Labute approximate surface area is 98.9 Å². The van der Waals surface area contributed by atoms with E-state index < -0.39 is 0 Å². The zero-order valence-corrected chi connectivity index (χ0v) is 10.4. The van der Waals surface area contributed by atoms with Crippen LogP contribution >= 0.6 is 0 Å². The summed E-state index contributed by atoms with van der Waals surface area (Å²) in [5, 5.41) is 12.3.